The number of thioether (sulfide) groups is 2. The minimum atomic E-state index is 0.539. The van der Waals surface area contributed by atoms with Crippen molar-refractivity contribution in [3.8, 4) is 23.0 Å². The van der Waals surface area contributed by atoms with Gasteiger partial charge in [-0.2, -0.15) is 11.8 Å². The van der Waals surface area contributed by atoms with Gasteiger partial charge in [0.15, 0.2) is 0 Å². The third-order valence-electron chi connectivity index (χ3n) is 5.27. The van der Waals surface area contributed by atoms with Crippen LogP contribution >= 0.6 is 23.5 Å². The molecule has 4 rings (SSSR count). The van der Waals surface area contributed by atoms with Crippen molar-refractivity contribution >= 4 is 23.5 Å². The molecule has 3 aromatic rings. The molecule has 1 fully saturated rings. The van der Waals surface area contributed by atoms with E-state index in [1.165, 1.54) is 37.6 Å². The van der Waals surface area contributed by atoms with Gasteiger partial charge < -0.3 is 18.8 Å². The number of hydrogen-bond donors (Lipinski definition) is 0. The maximum Gasteiger partial charge on any atom is 0.247 e. The van der Waals surface area contributed by atoms with E-state index in [9.17, 15) is 0 Å². The lowest BCUT2D eigenvalue weighted by atomic mass is 10.2. The SMILES string of the molecule is c1ccc(OCCSCc2nnc(-c3ccc(OCCCCN4CCSCC4)cc3)o2)cc1. The number of benzene rings is 2. The largest absolute Gasteiger partial charge is 0.494 e. The number of hydrogen-bond acceptors (Lipinski definition) is 8. The van der Waals surface area contributed by atoms with Gasteiger partial charge in [0, 0.05) is 35.9 Å². The quantitative estimate of drug-likeness (QED) is 0.304. The van der Waals surface area contributed by atoms with Crippen LogP contribution in [0.25, 0.3) is 11.5 Å². The van der Waals surface area contributed by atoms with Crippen molar-refractivity contribution in [1.82, 2.24) is 15.1 Å². The third kappa shape index (κ3) is 8.28. The van der Waals surface area contributed by atoms with Gasteiger partial charge >= 0.3 is 0 Å². The Hall–Kier alpha value is -2.16. The number of aromatic nitrogens is 2. The molecule has 2 heterocycles. The summed E-state index contributed by atoms with van der Waals surface area (Å²) in [5.41, 5.74) is 0.904. The molecule has 0 spiro atoms. The number of nitrogens with zero attached hydrogens (tertiary/aromatic N) is 3. The van der Waals surface area contributed by atoms with Crippen LogP contribution in [0.2, 0.25) is 0 Å². The average Bonchev–Trinajstić information content (AvgIpc) is 3.34. The van der Waals surface area contributed by atoms with E-state index >= 15 is 0 Å². The molecule has 6 nitrogen and oxygen atoms in total. The molecule has 8 heteroatoms. The Morgan fingerprint density at radius 3 is 2.45 bits per heavy atom. The fourth-order valence-electron chi connectivity index (χ4n) is 3.47. The summed E-state index contributed by atoms with van der Waals surface area (Å²) >= 11 is 3.77. The first kappa shape index (κ1) is 24.0. The highest BCUT2D eigenvalue weighted by atomic mass is 32.2. The highest BCUT2D eigenvalue weighted by molar-refractivity contribution is 7.99. The van der Waals surface area contributed by atoms with E-state index in [0.717, 1.165) is 35.8 Å². The maximum atomic E-state index is 5.90. The molecule has 0 saturated carbocycles. The minimum Gasteiger partial charge on any atom is -0.494 e. The fraction of sp³-hybridized carbons (Fsp3) is 0.440. The summed E-state index contributed by atoms with van der Waals surface area (Å²) in [4.78, 5) is 2.56. The molecule has 0 atom stereocenters. The van der Waals surface area contributed by atoms with Gasteiger partial charge in [0.1, 0.15) is 11.5 Å². The smallest absolute Gasteiger partial charge is 0.247 e. The number of para-hydroxylation sites is 1. The standard InChI is InChI=1S/C25H31N3O3S2/c1-2-6-22(7-3-1)30-16-19-33-20-24-26-27-25(31-24)21-8-10-23(11-9-21)29-15-5-4-12-28-13-17-32-18-14-28/h1-3,6-11H,4-5,12-20H2. The molecule has 0 radical (unpaired) electrons. The molecule has 1 aromatic heterocycles. The Labute approximate surface area is 204 Å². The lowest BCUT2D eigenvalue weighted by Gasteiger charge is -2.25. The van der Waals surface area contributed by atoms with Crippen molar-refractivity contribution in [2.24, 2.45) is 0 Å². The zero-order chi connectivity index (χ0) is 22.6. The van der Waals surface area contributed by atoms with Gasteiger partial charge in [-0.25, -0.2) is 0 Å². The van der Waals surface area contributed by atoms with E-state index in [2.05, 4.69) is 26.9 Å². The summed E-state index contributed by atoms with van der Waals surface area (Å²) in [5.74, 6) is 7.00. The first-order valence-corrected chi connectivity index (χ1v) is 13.8. The molecule has 0 unspecified atom stereocenters. The Morgan fingerprint density at radius 1 is 0.879 bits per heavy atom. The van der Waals surface area contributed by atoms with Crippen LogP contribution in [0.15, 0.2) is 59.0 Å². The molecular formula is C25H31N3O3S2. The highest BCUT2D eigenvalue weighted by Gasteiger charge is 2.10. The number of ether oxygens (including phenoxy) is 2. The van der Waals surface area contributed by atoms with E-state index in [-0.39, 0.29) is 0 Å². The van der Waals surface area contributed by atoms with E-state index in [0.29, 0.717) is 24.1 Å². The second-order valence-electron chi connectivity index (χ2n) is 7.75. The van der Waals surface area contributed by atoms with E-state index in [1.54, 1.807) is 11.8 Å². The molecule has 1 aliphatic rings. The van der Waals surface area contributed by atoms with Crippen LogP contribution in [0, 0.1) is 0 Å². The van der Waals surface area contributed by atoms with Crippen molar-refractivity contribution < 1.29 is 13.9 Å². The van der Waals surface area contributed by atoms with Crippen LogP contribution < -0.4 is 9.47 Å². The topological polar surface area (TPSA) is 60.6 Å². The summed E-state index contributed by atoms with van der Waals surface area (Å²) < 4.78 is 17.4. The Kier molecular flexibility index (Phi) is 9.83. The first-order valence-electron chi connectivity index (χ1n) is 11.5. The zero-order valence-corrected chi connectivity index (χ0v) is 20.5. The molecule has 2 aromatic carbocycles. The zero-order valence-electron chi connectivity index (χ0n) is 18.9. The van der Waals surface area contributed by atoms with Crippen molar-refractivity contribution in [2.45, 2.75) is 18.6 Å². The molecule has 0 bridgehead atoms. The van der Waals surface area contributed by atoms with Crippen LogP contribution in [0.5, 0.6) is 11.5 Å². The lowest BCUT2D eigenvalue weighted by Crippen LogP contribution is -2.33. The van der Waals surface area contributed by atoms with Gasteiger partial charge in [-0.05, 0) is 55.8 Å². The fourth-order valence-corrected chi connectivity index (χ4v) is 5.08. The minimum absolute atomic E-state index is 0.539. The summed E-state index contributed by atoms with van der Waals surface area (Å²) in [6, 6.07) is 17.7. The normalized spacial score (nSPS) is 14.3. The van der Waals surface area contributed by atoms with Gasteiger partial charge in [-0.1, -0.05) is 18.2 Å². The van der Waals surface area contributed by atoms with Crippen molar-refractivity contribution in [2.75, 3.05) is 50.1 Å². The van der Waals surface area contributed by atoms with Crippen molar-refractivity contribution in [3.05, 3.63) is 60.5 Å². The molecule has 0 N–H and O–H groups in total. The van der Waals surface area contributed by atoms with Crippen LogP contribution in [0.1, 0.15) is 18.7 Å². The molecule has 176 valence electrons. The summed E-state index contributed by atoms with van der Waals surface area (Å²) in [5, 5.41) is 8.35. The molecule has 33 heavy (non-hydrogen) atoms. The Morgan fingerprint density at radius 2 is 1.64 bits per heavy atom. The highest BCUT2D eigenvalue weighted by Crippen LogP contribution is 2.23. The Balaban J connectivity index is 1.12. The number of rotatable bonds is 13. The first-order chi connectivity index (χ1) is 16.4. The number of unbranched alkanes of at least 4 members (excludes halogenated alkanes) is 1. The summed E-state index contributed by atoms with van der Waals surface area (Å²) in [6.07, 6.45) is 2.26. The molecular weight excluding hydrogens is 454 g/mol. The second kappa shape index (κ2) is 13.5. The second-order valence-corrected chi connectivity index (χ2v) is 10.1. The molecule has 1 aliphatic heterocycles. The van der Waals surface area contributed by atoms with Crippen LogP contribution in [0.4, 0.5) is 0 Å². The van der Waals surface area contributed by atoms with Gasteiger partial charge in [0.05, 0.1) is 19.0 Å². The van der Waals surface area contributed by atoms with E-state index < -0.39 is 0 Å². The molecule has 0 aliphatic carbocycles. The van der Waals surface area contributed by atoms with Gasteiger partial charge in [-0.15, -0.1) is 22.0 Å². The van der Waals surface area contributed by atoms with Crippen LogP contribution in [-0.2, 0) is 5.75 Å². The summed E-state index contributed by atoms with van der Waals surface area (Å²) in [6.45, 7) is 5.03. The van der Waals surface area contributed by atoms with Crippen molar-refractivity contribution in [3.63, 3.8) is 0 Å². The Bertz CT molecular complexity index is 932. The maximum absolute atomic E-state index is 5.90. The molecule has 0 amide bonds. The van der Waals surface area contributed by atoms with Gasteiger partial charge in [-0.3, -0.25) is 0 Å². The average molecular weight is 486 g/mol. The molecule has 1 saturated heterocycles. The van der Waals surface area contributed by atoms with Crippen LogP contribution in [-0.4, -0.2) is 65.2 Å². The lowest BCUT2D eigenvalue weighted by molar-refractivity contribution is 0.265. The predicted octanol–water partition coefficient (Wildman–Crippen LogP) is 5.26. The predicted molar refractivity (Wildman–Crippen MR) is 136 cm³/mol. The monoisotopic (exact) mass is 485 g/mol. The van der Waals surface area contributed by atoms with Crippen LogP contribution in [0.3, 0.4) is 0 Å². The van der Waals surface area contributed by atoms with E-state index in [4.69, 9.17) is 13.9 Å². The third-order valence-corrected chi connectivity index (χ3v) is 7.12. The van der Waals surface area contributed by atoms with Gasteiger partial charge in [0.2, 0.25) is 11.8 Å². The van der Waals surface area contributed by atoms with E-state index in [1.807, 2.05) is 54.6 Å². The summed E-state index contributed by atoms with van der Waals surface area (Å²) in [7, 11) is 0. The van der Waals surface area contributed by atoms with Gasteiger partial charge in [0.25, 0.3) is 0 Å². The van der Waals surface area contributed by atoms with Crippen molar-refractivity contribution in [1.29, 1.82) is 0 Å².